The predicted molar refractivity (Wildman–Crippen MR) is 73.2 cm³/mol. The fourth-order valence-corrected chi connectivity index (χ4v) is 1.93. The molecule has 1 heterocycles. The fourth-order valence-electron chi connectivity index (χ4n) is 1.93. The highest BCUT2D eigenvalue weighted by atomic mass is 16.3. The van der Waals surface area contributed by atoms with E-state index in [4.69, 9.17) is 5.73 Å². The summed E-state index contributed by atoms with van der Waals surface area (Å²) in [6.45, 7) is 2.05. The van der Waals surface area contributed by atoms with Crippen LogP contribution in [0.1, 0.15) is 16.7 Å². The van der Waals surface area contributed by atoms with Crippen LogP contribution in [-0.4, -0.2) is 16.2 Å². The van der Waals surface area contributed by atoms with Gasteiger partial charge < -0.3 is 10.8 Å². The molecule has 0 aliphatic heterocycles. The van der Waals surface area contributed by atoms with Crippen LogP contribution in [0, 0.1) is 6.92 Å². The molecule has 2 aromatic rings. The van der Waals surface area contributed by atoms with Crippen LogP contribution in [0.2, 0.25) is 0 Å². The highest BCUT2D eigenvalue weighted by molar-refractivity contribution is 5.44. The number of nitrogens with zero attached hydrogens (tertiary/aromatic N) is 1. The van der Waals surface area contributed by atoms with E-state index in [0.29, 0.717) is 18.5 Å². The van der Waals surface area contributed by atoms with Crippen LogP contribution in [0.3, 0.4) is 0 Å². The Bertz CT molecular complexity index is 508. The van der Waals surface area contributed by atoms with Crippen LogP contribution in [-0.2, 0) is 12.8 Å². The van der Waals surface area contributed by atoms with Crippen LogP contribution in [0.5, 0.6) is 0 Å². The number of aliphatic hydroxyl groups is 1. The van der Waals surface area contributed by atoms with Crippen molar-refractivity contribution in [3.63, 3.8) is 0 Å². The molecule has 0 saturated carbocycles. The van der Waals surface area contributed by atoms with Gasteiger partial charge in [-0.15, -0.1) is 0 Å². The van der Waals surface area contributed by atoms with Crippen molar-refractivity contribution in [2.75, 3.05) is 5.73 Å². The van der Waals surface area contributed by atoms with E-state index in [-0.39, 0.29) is 0 Å². The lowest BCUT2D eigenvalue weighted by Crippen LogP contribution is -2.15. The Hall–Kier alpha value is -1.87. The second kappa shape index (κ2) is 5.65. The maximum atomic E-state index is 10.1. The molecule has 94 valence electrons. The van der Waals surface area contributed by atoms with Gasteiger partial charge in [0.05, 0.1) is 6.10 Å². The second-order valence-electron chi connectivity index (χ2n) is 4.62. The van der Waals surface area contributed by atoms with E-state index in [9.17, 15) is 5.11 Å². The Morgan fingerprint density at radius 2 is 1.89 bits per heavy atom. The summed E-state index contributed by atoms with van der Waals surface area (Å²) in [4.78, 5) is 4.03. The smallest absolute Gasteiger partial charge is 0.0622 e. The second-order valence-corrected chi connectivity index (χ2v) is 4.62. The largest absolute Gasteiger partial charge is 0.398 e. The summed E-state index contributed by atoms with van der Waals surface area (Å²) in [6, 6.07) is 9.96. The molecule has 0 spiro atoms. The van der Waals surface area contributed by atoms with Crippen molar-refractivity contribution < 1.29 is 5.11 Å². The normalized spacial score (nSPS) is 12.3. The van der Waals surface area contributed by atoms with Crippen LogP contribution >= 0.6 is 0 Å². The van der Waals surface area contributed by atoms with Crippen molar-refractivity contribution in [3.05, 3.63) is 59.4 Å². The SMILES string of the molecule is Cc1ccc(CC(O)Cc2cnccc2N)cc1. The summed E-state index contributed by atoms with van der Waals surface area (Å²) in [5.74, 6) is 0. The van der Waals surface area contributed by atoms with E-state index in [1.165, 1.54) is 5.56 Å². The Labute approximate surface area is 107 Å². The van der Waals surface area contributed by atoms with Gasteiger partial charge in [0.25, 0.3) is 0 Å². The lowest BCUT2D eigenvalue weighted by molar-refractivity contribution is 0.175. The van der Waals surface area contributed by atoms with Crippen molar-refractivity contribution in [2.45, 2.75) is 25.9 Å². The molecule has 3 heteroatoms. The van der Waals surface area contributed by atoms with Gasteiger partial charge >= 0.3 is 0 Å². The summed E-state index contributed by atoms with van der Waals surface area (Å²) in [7, 11) is 0. The average molecular weight is 242 g/mol. The minimum atomic E-state index is -0.431. The third-order valence-electron chi connectivity index (χ3n) is 2.99. The zero-order chi connectivity index (χ0) is 13.0. The summed E-state index contributed by atoms with van der Waals surface area (Å²) in [6.07, 6.45) is 4.11. The van der Waals surface area contributed by atoms with Crippen molar-refractivity contribution in [1.29, 1.82) is 0 Å². The molecule has 18 heavy (non-hydrogen) atoms. The topological polar surface area (TPSA) is 59.1 Å². The maximum absolute atomic E-state index is 10.1. The third kappa shape index (κ3) is 3.31. The van der Waals surface area contributed by atoms with Gasteiger partial charge in [-0.05, 0) is 30.5 Å². The van der Waals surface area contributed by atoms with Gasteiger partial charge in [0, 0.05) is 24.5 Å². The minimum Gasteiger partial charge on any atom is -0.398 e. The van der Waals surface area contributed by atoms with E-state index in [1.807, 2.05) is 12.1 Å². The molecular weight excluding hydrogens is 224 g/mol. The Kier molecular flexibility index (Phi) is 3.95. The first-order chi connectivity index (χ1) is 8.65. The number of aryl methyl sites for hydroxylation is 1. The molecule has 1 aromatic carbocycles. The lowest BCUT2D eigenvalue weighted by Gasteiger charge is -2.12. The first-order valence-electron chi connectivity index (χ1n) is 6.07. The molecule has 0 radical (unpaired) electrons. The third-order valence-corrected chi connectivity index (χ3v) is 2.99. The number of aromatic nitrogens is 1. The Balaban J connectivity index is 1.99. The first kappa shape index (κ1) is 12.6. The minimum absolute atomic E-state index is 0.431. The summed E-state index contributed by atoms with van der Waals surface area (Å²) in [5.41, 5.74) is 9.78. The summed E-state index contributed by atoms with van der Waals surface area (Å²) >= 11 is 0. The van der Waals surface area contributed by atoms with Crippen LogP contribution in [0.15, 0.2) is 42.7 Å². The molecule has 0 aliphatic carbocycles. The van der Waals surface area contributed by atoms with Crippen LogP contribution in [0.25, 0.3) is 0 Å². The standard InChI is InChI=1S/C15H18N2O/c1-11-2-4-12(5-3-11)8-14(18)9-13-10-17-7-6-15(13)16/h2-7,10,14,18H,8-9H2,1H3,(H2,16,17). The van der Waals surface area contributed by atoms with E-state index in [0.717, 1.165) is 11.1 Å². The van der Waals surface area contributed by atoms with Crippen LogP contribution in [0.4, 0.5) is 5.69 Å². The van der Waals surface area contributed by atoms with Crippen molar-refractivity contribution >= 4 is 5.69 Å². The van der Waals surface area contributed by atoms with E-state index >= 15 is 0 Å². The van der Waals surface area contributed by atoms with E-state index in [2.05, 4.69) is 24.0 Å². The molecule has 1 unspecified atom stereocenters. The van der Waals surface area contributed by atoms with Crippen molar-refractivity contribution in [1.82, 2.24) is 4.98 Å². The zero-order valence-electron chi connectivity index (χ0n) is 10.5. The predicted octanol–water partition coefficient (Wildman–Crippen LogP) is 2.12. The Morgan fingerprint density at radius 3 is 2.56 bits per heavy atom. The van der Waals surface area contributed by atoms with Gasteiger partial charge in [-0.25, -0.2) is 0 Å². The highest BCUT2D eigenvalue weighted by Gasteiger charge is 2.09. The number of hydrogen-bond acceptors (Lipinski definition) is 3. The number of nitrogen functional groups attached to an aromatic ring is 1. The number of nitrogens with two attached hydrogens (primary N) is 1. The van der Waals surface area contributed by atoms with Gasteiger partial charge in [0.15, 0.2) is 0 Å². The van der Waals surface area contributed by atoms with Gasteiger partial charge in [0.2, 0.25) is 0 Å². The molecule has 1 atom stereocenters. The number of pyridine rings is 1. The molecule has 1 aromatic heterocycles. The number of hydrogen-bond donors (Lipinski definition) is 2. The molecule has 3 nitrogen and oxygen atoms in total. The van der Waals surface area contributed by atoms with Crippen molar-refractivity contribution in [3.8, 4) is 0 Å². The Morgan fingerprint density at radius 1 is 1.17 bits per heavy atom. The van der Waals surface area contributed by atoms with Crippen LogP contribution < -0.4 is 5.73 Å². The van der Waals surface area contributed by atoms with Gasteiger partial charge in [-0.3, -0.25) is 4.98 Å². The fraction of sp³-hybridized carbons (Fsp3) is 0.267. The maximum Gasteiger partial charge on any atom is 0.0622 e. The van der Waals surface area contributed by atoms with E-state index < -0.39 is 6.10 Å². The molecular formula is C15H18N2O. The number of rotatable bonds is 4. The van der Waals surface area contributed by atoms with Gasteiger partial charge in [-0.2, -0.15) is 0 Å². The zero-order valence-corrected chi connectivity index (χ0v) is 10.5. The molecule has 3 N–H and O–H groups in total. The van der Waals surface area contributed by atoms with E-state index in [1.54, 1.807) is 18.5 Å². The van der Waals surface area contributed by atoms with Gasteiger partial charge in [-0.1, -0.05) is 29.8 Å². The summed E-state index contributed by atoms with van der Waals surface area (Å²) < 4.78 is 0. The summed E-state index contributed by atoms with van der Waals surface area (Å²) in [5, 5.41) is 10.1. The van der Waals surface area contributed by atoms with Gasteiger partial charge in [0.1, 0.15) is 0 Å². The first-order valence-corrected chi connectivity index (χ1v) is 6.07. The monoisotopic (exact) mass is 242 g/mol. The molecule has 0 aliphatic rings. The molecule has 2 rings (SSSR count). The molecule has 0 bridgehead atoms. The highest BCUT2D eigenvalue weighted by Crippen LogP contribution is 2.14. The number of anilines is 1. The average Bonchev–Trinajstić information content (AvgIpc) is 2.35. The molecule has 0 fully saturated rings. The number of benzene rings is 1. The quantitative estimate of drug-likeness (QED) is 0.863. The number of aliphatic hydroxyl groups excluding tert-OH is 1. The lowest BCUT2D eigenvalue weighted by atomic mass is 10.0. The molecule has 0 saturated heterocycles. The molecule has 0 amide bonds. The van der Waals surface area contributed by atoms with Crippen molar-refractivity contribution in [2.24, 2.45) is 0 Å².